The number of rotatable bonds is 3. The van der Waals surface area contributed by atoms with Crippen molar-refractivity contribution in [3.05, 3.63) is 70.8 Å². The molecule has 124 valence electrons. The fourth-order valence-corrected chi connectivity index (χ4v) is 2.65. The Balaban J connectivity index is 2.00. The third kappa shape index (κ3) is 2.63. The standard InChI is InChI=1S/C19H14N2O4/c1-11-10-13(22)17(23)18(25-11)16-15(12-6-3-2-4-7-12)20-19(21-16)14-8-5-9-24-14/h2-10,23H,1H3,(H,20,21). The first-order valence-corrected chi connectivity index (χ1v) is 7.67. The van der Waals surface area contributed by atoms with Gasteiger partial charge in [0.1, 0.15) is 17.1 Å². The van der Waals surface area contributed by atoms with E-state index in [9.17, 15) is 9.90 Å². The summed E-state index contributed by atoms with van der Waals surface area (Å²) < 4.78 is 11.0. The fourth-order valence-electron chi connectivity index (χ4n) is 2.65. The topological polar surface area (TPSA) is 92.3 Å². The van der Waals surface area contributed by atoms with Crippen molar-refractivity contribution in [3.8, 4) is 40.0 Å². The van der Waals surface area contributed by atoms with Crippen molar-refractivity contribution in [2.75, 3.05) is 0 Å². The van der Waals surface area contributed by atoms with Crippen LogP contribution >= 0.6 is 0 Å². The average Bonchev–Trinajstić information content (AvgIpc) is 3.28. The molecule has 0 saturated carbocycles. The Labute approximate surface area is 142 Å². The van der Waals surface area contributed by atoms with Gasteiger partial charge in [-0.3, -0.25) is 4.79 Å². The molecule has 2 N–H and O–H groups in total. The van der Waals surface area contributed by atoms with E-state index in [0.717, 1.165) is 5.56 Å². The third-order valence-electron chi connectivity index (χ3n) is 3.78. The molecular formula is C19H14N2O4. The number of aromatic hydroxyl groups is 1. The van der Waals surface area contributed by atoms with E-state index in [2.05, 4.69) is 9.97 Å². The first kappa shape index (κ1) is 15.0. The number of aryl methyl sites for hydroxylation is 1. The molecule has 1 aromatic carbocycles. The van der Waals surface area contributed by atoms with Gasteiger partial charge in [0, 0.05) is 11.6 Å². The van der Waals surface area contributed by atoms with Crippen molar-refractivity contribution < 1.29 is 13.9 Å². The lowest BCUT2D eigenvalue weighted by atomic mass is 10.1. The van der Waals surface area contributed by atoms with Crippen LogP contribution in [0, 0.1) is 6.92 Å². The summed E-state index contributed by atoms with van der Waals surface area (Å²) in [5.74, 6) is 0.998. The molecule has 0 radical (unpaired) electrons. The number of hydrogen-bond acceptors (Lipinski definition) is 5. The van der Waals surface area contributed by atoms with E-state index in [0.29, 0.717) is 28.7 Å². The lowest BCUT2D eigenvalue weighted by Crippen LogP contribution is -2.01. The molecule has 4 aromatic rings. The second kappa shape index (κ2) is 5.83. The van der Waals surface area contributed by atoms with Crippen molar-refractivity contribution in [1.82, 2.24) is 9.97 Å². The molecule has 3 heterocycles. The molecule has 0 spiro atoms. The van der Waals surface area contributed by atoms with Crippen molar-refractivity contribution in [2.24, 2.45) is 0 Å². The van der Waals surface area contributed by atoms with Crippen molar-refractivity contribution >= 4 is 0 Å². The largest absolute Gasteiger partial charge is 0.501 e. The van der Waals surface area contributed by atoms with Gasteiger partial charge in [0.15, 0.2) is 17.3 Å². The van der Waals surface area contributed by atoms with E-state index >= 15 is 0 Å². The molecule has 6 heteroatoms. The number of nitrogens with zero attached hydrogens (tertiary/aromatic N) is 1. The van der Waals surface area contributed by atoms with Crippen molar-refractivity contribution in [3.63, 3.8) is 0 Å². The predicted molar refractivity (Wildman–Crippen MR) is 92.1 cm³/mol. The Bertz CT molecular complexity index is 1080. The molecular weight excluding hydrogens is 320 g/mol. The number of aromatic nitrogens is 2. The molecule has 0 amide bonds. The second-order valence-electron chi connectivity index (χ2n) is 5.55. The number of benzene rings is 1. The van der Waals surface area contributed by atoms with Crippen molar-refractivity contribution in [2.45, 2.75) is 6.92 Å². The Morgan fingerprint density at radius 2 is 1.92 bits per heavy atom. The van der Waals surface area contributed by atoms with Gasteiger partial charge in [-0.25, -0.2) is 4.98 Å². The first-order chi connectivity index (χ1) is 12.1. The van der Waals surface area contributed by atoms with Crippen LogP contribution < -0.4 is 5.43 Å². The maximum Gasteiger partial charge on any atom is 0.227 e. The Morgan fingerprint density at radius 1 is 1.12 bits per heavy atom. The minimum absolute atomic E-state index is 0.0501. The Hall–Kier alpha value is -3.54. The predicted octanol–water partition coefficient (Wildman–Crippen LogP) is 3.97. The summed E-state index contributed by atoms with van der Waals surface area (Å²) in [5, 5.41) is 10.2. The van der Waals surface area contributed by atoms with Crippen LogP contribution in [0.2, 0.25) is 0 Å². The molecule has 6 nitrogen and oxygen atoms in total. The number of H-pyrrole nitrogens is 1. The molecule has 0 atom stereocenters. The van der Waals surface area contributed by atoms with Crippen molar-refractivity contribution in [1.29, 1.82) is 0 Å². The highest BCUT2D eigenvalue weighted by molar-refractivity contribution is 5.80. The molecule has 0 aliphatic carbocycles. The minimum Gasteiger partial charge on any atom is -0.501 e. The zero-order chi connectivity index (χ0) is 17.4. The summed E-state index contributed by atoms with van der Waals surface area (Å²) in [6.45, 7) is 1.65. The Kier molecular flexibility index (Phi) is 3.50. The van der Waals surface area contributed by atoms with E-state index in [-0.39, 0.29) is 5.76 Å². The van der Waals surface area contributed by atoms with Crippen LogP contribution in [-0.2, 0) is 0 Å². The van der Waals surface area contributed by atoms with E-state index < -0.39 is 11.2 Å². The summed E-state index contributed by atoms with van der Waals surface area (Å²) >= 11 is 0. The first-order valence-electron chi connectivity index (χ1n) is 7.67. The molecule has 3 aromatic heterocycles. The van der Waals surface area contributed by atoms with Crippen LogP contribution in [0.4, 0.5) is 0 Å². The minimum atomic E-state index is -0.507. The van der Waals surface area contributed by atoms with Gasteiger partial charge in [-0.1, -0.05) is 30.3 Å². The molecule has 4 rings (SSSR count). The van der Waals surface area contributed by atoms with E-state index in [1.54, 1.807) is 25.3 Å². The summed E-state index contributed by atoms with van der Waals surface area (Å²) in [4.78, 5) is 19.6. The summed E-state index contributed by atoms with van der Waals surface area (Å²) in [7, 11) is 0. The monoisotopic (exact) mass is 334 g/mol. The third-order valence-corrected chi connectivity index (χ3v) is 3.78. The SMILES string of the molecule is Cc1cc(=O)c(O)c(-c2[nH]c(-c3ccco3)nc2-c2ccccc2)o1. The van der Waals surface area contributed by atoms with Gasteiger partial charge < -0.3 is 18.9 Å². The normalized spacial score (nSPS) is 10.9. The van der Waals surface area contributed by atoms with Gasteiger partial charge >= 0.3 is 0 Å². The van der Waals surface area contributed by atoms with Crippen LogP contribution in [0.15, 0.2) is 68.4 Å². The lowest BCUT2D eigenvalue weighted by Gasteiger charge is -2.05. The summed E-state index contributed by atoms with van der Waals surface area (Å²) in [6, 6.07) is 14.2. The fraction of sp³-hybridized carbons (Fsp3) is 0.0526. The van der Waals surface area contributed by atoms with Crippen LogP contribution in [-0.4, -0.2) is 15.1 Å². The lowest BCUT2D eigenvalue weighted by molar-refractivity contribution is 0.429. The number of imidazole rings is 1. The van der Waals surface area contributed by atoms with Gasteiger partial charge in [-0.2, -0.15) is 0 Å². The highest BCUT2D eigenvalue weighted by Crippen LogP contribution is 2.36. The number of hydrogen-bond donors (Lipinski definition) is 2. The molecule has 0 aliphatic rings. The van der Waals surface area contributed by atoms with E-state index in [1.807, 2.05) is 30.3 Å². The molecule has 0 unspecified atom stereocenters. The smallest absolute Gasteiger partial charge is 0.227 e. The van der Waals surface area contributed by atoms with Gasteiger partial charge in [-0.05, 0) is 19.1 Å². The zero-order valence-corrected chi connectivity index (χ0v) is 13.3. The molecule has 0 saturated heterocycles. The van der Waals surface area contributed by atoms with Gasteiger partial charge in [0.2, 0.25) is 11.2 Å². The molecule has 25 heavy (non-hydrogen) atoms. The highest BCUT2D eigenvalue weighted by Gasteiger charge is 2.22. The summed E-state index contributed by atoms with van der Waals surface area (Å²) in [6.07, 6.45) is 1.55. The number of furan rings is 1. The van der Waals surface area contributed by atoms with Crippen LogP contribution in [0.5, 0.6) is 5.75 Å². The van der Waals surface area contributed by atoms with Gasteiger partial charge in [0.25, 0.3) is 0 Å². The highest BCUT2D eigenvalue weighted by atomic mass is 16.4. The van der Waals surface area contributed by atoms with Crippen LogP contribution in [0.25, 0.3) is 34.3 Å². The molecule has 0 aliphatic heterocycles. The number of aromatic amines is 1. The van der Waals surface area contributed by atoms with Gasteiger partial charge in [0.05, 0.1) is 6.26 Å². The molecule has 0 fully saturated rings. The maximum absolute atomic E-state index is 12.0. The van der Waals surface area contributed by atoms with Gasteiger partial charge in [-0.15, -0.1) is 0 Å². The molecule has 0 bridgehead atoms. The second-order valence-corrected chi connectivity index (χ2v) is 5.55. The Morgan fingerprint density at radius 3 is 2.64 bits per heavy atom. The quantitative estimate of drug-likeness (QED) is 0.591. The van der Waals surface area contributed by atoms with Crippen LogP contribution in [0.3, 0.4) is 0 Å². The zero-order valence-electron chi connectivity index (χ0n) is 13.3. The number of nitrogens with one attached hydrogen (secondary N) is 1. The maximum atomic E-state index is 12.0. The van der Waals surface area contributed by atoms with Crippen LogP contribution in [0.1, 0.15) is 5.76 Å². The summed E-state index contributed by atoms with van der Waals surface area (Å²) in [5.41, 5.74) is 1.27. The average molecular weight is 334 g/mol. The van der Waals surface area contributed by atoms with E-state index in [1.165, 1.54) is 6.07 Å². The van der Waals surface area contributed by atoms with E-state index in [4.69, 9.17) is 8.83 Å².